The van der Waals surface area contributed by atoms with Crippen molar-refractivity contribution in [2.75, 3.05) is 6.54 Å². The van der Waals surface area contributed by atoms with Crippen molar-refractivity contribution >= 4 is 5.91 Å². The number of amides is 1. The molecule has 3 aromatic rings. The van der Waals surface area contributed by atoms with Crippen LogP contribution >= 0.6 is 0 Å². The number of imidazole rings is 1. The third-order valence-electron chi connectivity index (χ3n) is 5.39. The van der Waals surface area contributed by atoms with E-state index in [1.54, 1.807) is 0 Å². The largest absolute Gasteiger partial charge is 0.338 e. The fourth-order valence-electron chi connectivity index (χ4n) is 3.84. The van der Waals surface area contributed by atoms with Crippen molar-refractivity contribution in [3.63, 3.8) is 0 Å². The van der Waals surface area contributed by atoms with E-state index in [0.29, 0.717) is 5.69 Å². The first-order valence-corrected chi connectivity index (χ1v) is 9.60. The Morgan fingerprint density at radius 3 is 2.89 bits per heavy atom. The number of aromatic nitrogens is 4. The molecule has 2 aromatic heterocycles. The van der Waals surface area contributed by atoms with Crippen LogP contribution in [0.25, 0.3) is 11.3 Å². The normalized spacial score (nSPS) is 17.2. The Morgan fingerprint density at radius 2 is 2.11 bits per heavy atom. The molecule has 4 rings (SSSR count). The molecule has 0 bridgehead atoms. The van der Waals surface area contributed by atoms with E-state index in [0.717, 1.165) is 49.3 Å². The van der Waals surface area contributed by atoms with Crippen LogP contribution in [0.1, 0.15) is 42.0 Å². The number of hydrogen-bond acceptors (Lipinski definition) is 3. The Balaban J connectivity index is 1.47. The van der Waals surface area contributed by atoms with Crippen LogP contribution in [0.4, 0.5) is 0 Å². The number of carbonyl (C=O) groups excluding carboxylic acids is 1. The summed E-state index contributed by atoms with van der Waals surface area (Å²) < 4.78 is 2.05. The maximum absolute atomic E-state index is 13.1. The van der Waals surface area contributed by atoms with Crippen LogP contribution in [0.3, 0.4) is 0 Å². The van der Waals surface area contributed by atoms with E-state index in [1.165, 1.54) is 6.42 Å². The molecule has 1 saturated heterocycles. The molecule has 1 amide bonds. The zero-order valence-electron chi connectivity index (χ0n) is 15.6. The number of piperidine rings is 1. The van der Waals surface area contributed by atoms with Gasteiger partial charge in [0, 0.05) is 44.0 Å². The minimum absolute atomic E-state index is 0.0502. The summed E-state index contributed by atoms with van der Waals surface area (Å²) in [7, 11) is 2.02. The Labute approximate surface area is 159 Å². The van der Waals surface area contributed by atoms with Gasteiger partial charge in [0.05, 0.1) is 5.69 Å². The van der Waals surface area contributed by atoms with Gasteiger partial charge >= 0.3 is 0 Å². The quantitative estimate of drug-likeness (QED) is 0.755. The van der Waals surface area contributed by atoms with Gasteiger partial charge in [0.2, 0.25) is 0 Å². The van der Waals surface area contributed by atoms with Crippen LogP contribution < -0.4 is 0 Å². The van der Waals surface area contributed by atoms with Crippen molar-refractivity contribution in [2.24, 2.45) is 7.05 Å². The Bertz CT molecular complexity index is 898. The van der Waals surface area contributed by atoms with Crippen LogP contribution in [0.2, 0.25) is 0 Å². The standard InChI is InChI=1S/C21H25N5O/c1-25-14-12-22-20(25)11-10-17-9-5-6-13-26(17)21(27)19-15-18(23-24-19)16-7-3-2-4-8-16/h2-4,7-8,12,14-15,17H,5-6,9-11,13H2,1H3,(H,23,24)/t17-/m0/s1. The predicted molar refractivity (Wildman–Crippen MR) is 104 cm³/mol. The van der Waals surface area contributed by atoms with Crippen molar-refractivity contribution in [3.8, 4) is 11.3 Å². The molecule has 27 heavy (non-hydrogen) atoms. The second kappa shape index (κ2) is 7.78. The van der Waals surface area contributed by atoms with Crippen LogP contribution in [-0.2, 0) is 13.5 Å². The number of rotatable bonds is 5. The average molecular weight is 363 g/mol. The van der Waals surface area contributed by atoms with E-state index in [1.807, 2.05) is 60.7 Å². The van der Waals surface area contributed by atoms with Crippen LogP contribution in [0.15, 0.2) is 48.8 Å². The number of nitrogens with zero attached hydrogens (tertiary/aromatic N) is 4. The number of nitrogens with one attached hydrogen (secondary N) is 1. The Hall–Kier alpha value is -2.89. The van der Waals surface area contributed by atoms with Gasteiger partial charge in [-0.3, -0.25) is 9.89 Å². The molecule has 1 aliphatic rings. The van der Waals surface area contributed by atoms with E-state index >= 15 is 0 Å². The highest BCUT2D eigenvalue weighted by Crippen LogP contribution is 2.24. The lowest BCUT2D eigenvalue weighted by Gasteiger charge is -2.35. The second-order valence-corrected chi connectivity index (χ2v) is 7.17. The molecule has 0 spiro atoms. The molecule has 1 aromatic carbocycles. The topological polar surface area (TPSA) is 66.8 Å². The highest BCUT2D eigenvalue weighted by Gasteiger charge is 2.28. The molecule has 0 aliphatic carbocycles. The number of aryl methyl sites for hydroxylation is 2. The van der Waals surface area contributed by atoms with Gasteiger partial charge in [0.25, 0.3) is 5.91 Å². The number of H-pyrrole nitrogens is 1. The molecular formula is C21H25N5O. The number of likely N-dealkylation sites (tertiary alicyclic amines) is 1. The van der Waals surface area contributed by atoms with E-state index in [4.69, 9.17) is 0 Å². The van der Waals surface area contributed by atoms with Crippen LogP contribution in [0.5, 0.6) is 0 Å². The highest BCUT2D eigenvalue weighted by atomic mass is 16.2. The molecule has 3 heterocycles. The summed E-state index contributed by atoms with van der Waals surface area (Å²) >= 11 is 0. The van der Waals surface area contributed by atoms with Gasteiger partial charge in [0.15, 0.2) is 0 Å². The van der Waals surface area contributed by atoms with E-state index in [2.05, 4.69) is 19.7 Å². The lowest BCUT2D eigenvalue weighted by Crippen LogP contribution is -2.44. The first-order chi connectivity index (χ1) is 13.2. The maximum Gasteiger partial charge on any atom is 0.272 e. The van der Waals surface area contributed by atoms with Gasteiger partial charge in [-0.1, -0.05) is 30.3 Å². The first kappa shape index (κ1) is 17.5. The molecule has 6 nitrogen and oxygen atoms in total. The number of carbonyl (C=O) groups is 1. The number of hydrogen-bond donors (Lipinski definition) is 1. The zero-order chi connectivity index (χ0) is 18.6. The molecule has 6 heteroatoms. The van der Waals surface area contributed by atoms with Gasteiger partial charge in [-0.2, -0.15) is 5.10 Å². The maximum atomic E-state index is 13.1. The molecule has 140 valence electrons. The van der Waals surface area contributed by atoms with E-state index < -0.39 is 0 Å². The molecule has 1 atom stereocenters. The van der Waals surface area contributed by atoms with Gasteiger partial charge in [-0.05, 0) is 31.7 Å². The second-order valence-electron chi connectivity index (χ2n) is 7.17. The minimum Gasteiger partial charge on any atom is -0.338 e. The summed E-state index contributed by atoms with van der Waals surface area (Å²) in [5.41, 5.74) is 2.39. The lowest BCUT2D eigenvalue weighted by atomic mass is 9.97. The molecular weight excluding hydrogens is 338 g/mol. The van der Waals surface area contributed by atoms with Gasteiger partial charge in [0.1, 0.15) is 11.5 Å². The van der Waals surface area contributed by atoms with Crippen LogP contribution in [-0.4, -0.2) is 43.1 Å². The molecule has 0 radical (unpaired) electrons. The Morgan fingerprint density at radius 1 is 1.26 bits per heavy atom. The minimum atomic E-state index is 0.0502. The van der Waals surface area contributed by atoms with Crippen molar-refractivity contribution < 1.29 is 4.79 Å². The first-order valence-electron chi connectivity index (χ1n) is 9.60. The zero-order valence-corrected chi connectivity index (χ0v) is 15.6. The summed E-state index contributed by atoms with van der Waals surface area (Å²) in [6.07, 6.45) is 8.91. The lowest BCUT2D eigenvalue weighted by molar-refractivity contribution is 0.0595. The number of aromatic amines is 1. The predicted octanol–water partition coefficient (Wildman–Crippen LogP) is 3.44. The Kier molecular flexibility index (Phi) is 5.05. The molecule has 1 aliphatic heterocycles. The number of benzene rings is 1. The summed E-state index contributed by atoms with van der Waals surface area (Å²) in [6, 6.07) is 12.0. The summed E-state index contributed by atoms with van der Waals surface area (Å²) in [4.78, 5) is 19.5. The summed E-state index contributed by atoms with van der Waals surface area (Å²) in [5, 5.41) is 7.28. The smallest absolute Gasteiger partial charge is 0.272 e. The monoisotopic (exact) mass is 363 g/mol. The van der Waals surface area contributed by atoms with E-state index in [-0.39, 0.29) is 11.9 Å². The third-order valence-corrected chi connectivity index (χ3v) is 5.39. The molecule has 0 saturated carbocycles. The fourth-order valence-corrected chi connectivity index (χ4v) is 3.84. The van der Waals surface area contributed by atoms with Gasteiger partial charge in [-0.25, -0.2) is 4.98 Å². The SMILES string of the molecule is Cn1ccnc1CC[C@@H]1CCCCN1C(=O)c1cc(-c2ccccc2)n[nH]1. The van der Waals surface area contributed by atoms with Crippen molar-refractivity contribution in [2.45, 2.75) is 38.1 Å². The van der Waals surface area contributed by atoms with E-state index in [9.17, 15) is 4.79 Å². The molecule has 0 unspecified atom stereocenters. The summed E-state index contributed by atoms with van der Waals surface area (Å²) in [6.45, 7) is 0.809. The van der Waals surface area contributed by atoms with Gasteiger partial charge in [-0.15, -0.1) is 0 Å². The van der Waals surface area contributed by atoms with Crippen molar-refractivity contribution in [1.82, 2.24) is 24.6 Å². The summed E-state index contributed by atoms with van der Waals surface area (Å²) in [5.74, 6) is 1.12. The highest BCUT2D eigenvalue weighted by molar-refractivity contribution is 5.93. The van der Waals surface area contributed by atoms with Crippen molar-refractivity contribution in [1.29, 1.82) is 0 Å². The third kappa shape index (κ3) is 3.79. The molecule has 1 fully saturated rings. The van der Waals surface area contributed by atoms with Crippen molar-refractivity contribution in [3.05, 3.63) is 60.3 Å². The van der Waals surface area contributed by atoms with Crippen LogP contribution in [0, 0.1) is 0 Å². The molecule has 1 N–H and O–H groups in total. The fraction of sp³-hybridized carbons (Fsp3) is 0.381. The average Bonchev–Trinajstić information content (AvgIpc) is 3.36. The van der Waals surface area contributed by atoms with Gasteiger partial charge < -0.3 is 9.47 Å².